The second-order valence-corrected chi connectivity index (χ2v) is 5.90. The van der Waals surface area contributed by atoms with Crippen LogP contribution in [-0.2, 0) is 17.1 Å². The highest BCUT2D eigenvalue weighted by atomic mass is 32.2. The first-order valence-corrected chi connectivity index (χ1v) is 6.96. The van der Waals surface area contributed by atoms with Crippen LogP contribution in [0.1, 0.15) is 13.8 Å². The summed E-state index contributed by atoms with van der Waals surface area (Å²) < 4.78 is 33.5. The molecule has 0 aliphatic heterocycles. The Balaban J connectivity index is 2.50. The maximum Gasteiger partial charge on any atom is 0.274 e. The summed E-state index contributed by atoms with van der Waals surface area (Å²) in [7, 11) is -1.85. The van der Waals surface area contributed by atoms with Gasteiger partial charge in [0.2, 0.25) is 5.09 Å². The molecule has 0 saturated carbocycles. The fraction of sp³-hybridized carbons (Fsp3) is 0.364. The van der Waals surface area contributed by atoms with Crippen molar-refractivity contribution >= 4 is 10.0 Å². The predicted octanol–water partition coefficient (Wildman–Crippen LogP) is 1.37. The zero-order chi connectivity index (χ0) is 13.3. The van der Waals surface area contributed by atoms with Crippen LogP contribution in [-0.4, -0.2) is 24.0 Å². The van der Waals surface area contributed by atoms with Gasteiger partial charge in [0, 0.05) is 13.1 Å². The van der Waals surface area contributed by atoms with Gasteiger partial charge in [-0.25, -0.2) is 18.1 Å². The van der Waals surface area contributed by atoms with E-state index in [0.29, 0.717) is 11.3 Å². The average molecular weight is 269 g/mol. The van der Waals surface area contributed by atoms with Crippen molar-refractivity contribution in [3.05, 3.63) is 24.9 Å². The van der Waals surface area contributed by atoms with Gasteiger partial charge in [0.05, 0.1) is 30.0 Å². The van der Waals surface area contributed by atoms with Crippen LogP contribution in [0.2, 0.25) is 0 Å². The summed E-state index contributed by atoms with van der Waals surface area (Å²) in [5.74, 6) is 0. The highest BCUT2D eigenvalue weighted by Crippen LogP contribution is 2.27. The van der Waals surface area contributed by atoms with Crippen LogP contribution in [0.5, 0.6) is 0 Å². The van der Waals surface area contributed by atoms with Crippen molar-refractivity contribution in [2.24, 2.45) is 7.05 Å². The van der Waals surface area contributed by atoms with Gasteiger partial charge in [-0.15, -0.1) is 0 Å². The van der Waals surface area contributed by atoms with E-state index < -0.39 is 10.0 Å². The third kappa shape index (κ3) is 2.32. The zero-order valence-corrected chi connectivity index (χ0v) is 11.2. The normalized spacial score (nSPS) is 12.2. The molecule has 0 aliphatic carbocycles. The molecule has 0 saturated heterocycles. The van der Waals surface area contributed by atoms with E-state index >= 15 is 0 Å². The molecule has 0 amide bonds. The van der Waals surface area contributed by atoms with E-state index in [0.717, 1.165) is 0 Å². The number of rotatable bonds is 4. The van der Waals surface area contributed by atoms with E-state index in [2.05, 4.69) is 9.71 Å². The molecule has 0 aliphatic rings. The van der Waals surface area contributed by atoms with Crippen LogP contribution < -0.4 is 4.72 Å². The van der Waals surface area contributed by atoms with E-state index in [1.807, 2.05) is 0 Å². The molecule has 0 aromatic carbocycles. The molecule has 2 aromatic heterocycles. The lowest BCUT2D eigenvalue weighted by molar-refractivity contribution is 0.445. The Hall–Kier alpha value is -1.60. The number of nitrogens with zero attached hydrogens (tertiary/aromatic N) is 2. The molecule has 0 atom stereocenters. The van der Waals surface area contributed by atoms with Gasteiger partial charge in [0.15, 0.2) is 0 Å². The first-order valence-electron chi connectivity index (χ1n) is 5.48. The molecule has 7 heteroatoms. The second kappa shape index (κ2) is 4.58. The SMILES string of the molecule is CC(C)NS(=O)(=O)c1occc1-c1cncn1C. The van der Waals surface area contributed by atoms with E-state index in [1.54, 1.807) is 44.1 Å². The van der Waals surface area contributed by atoms with E-state index in [9.17, 15) is 8.42 Å². The third-order valence-electron chi connectivity index (χ3n) is 2.36. The van der Waals surface area contributed by atoms with Crippen LogP contribution >= 0.6 is 0 Å². The Morgan fingerprint density at radius 2 is 2.17 bits per heavy atom. The second-order valence-electron chi connectivity index (χ2n) is 4.29. The number of imidazole rings is 1. The van der Waals surface area contributed by atoms with Crippen molar-refractivity contribution in [3.8, 4) is 11.3 Å². The molecule has 2 aromatic rings. The van der Waals surface area contributed by atoms with Crippen molar-refractivity contribution < 1.29 is 12.8 Å². The minimum atomic E-state index is -3.65. The Bertz CT molecular complexity index is 640. The number of sulfonamides is 1. The van der Waals surface area contributed by atoms with E-state index in [4.69, 9.17) is 4.42 Å². The van der Waals surface area contributed by atoms with Crippen LogP contribution in [0.15, 0.2) is 34.4 Å². The van der Waals surface area contributed by atoms with E-state index in [-0.39, 0.29) is 11.1 Å². The molecule has 0 radical (unpaired) electrons. The molecular weight excluding hydrogens is 254 g/mol. The van der Waals surface area contributed by atoms with Crippen molar-refractivity contribution in [2.75, 3.05) is 0 Å². The molecule has 98 valence electrons. The Morgan fingerprint density at radius 1 is 1.44 bits per heavy atom. The third-order valence-corrected chi connectivity index (χ3v) is 3.94. The highest BCUT2D eigenvalue weighted by Gasteiger charge is 2.25. The minimum absolute atomic E-state index is 0.0835. The smallest absolute Gasteiger partial charge is 0.274 e. The van der Waals surface area contributed by atoms with Gasteiger partial charge >= 0.3 is 0 Å². The number of hydrogen-bond donors (Lipinski definition) is 1. The summed E-state index contributed by atoms with van der Waals surface area (Å²) in [5, 5.41) is -0.0835. The quantitative estimate of drug-likeness (QED) is 0.909. The molecular formula is C11H15N3O3S. The number of hydrogen-bond acceptors (Lipinski definition) is 4. The molecule has 0 fully saturated rings. The van der Waals surface area contributed by atoms with Crippen molar-refractivity contribution in [1.29, 1.82) is 0 Å². The number of aromatic nitrogens is 2. The average Bonchev–Trinajstić information content (AvgIpc) is 2.82. The standard InChI is InChI=1S/C11H15N3O3S/c1-8(2)13-18(15,16)11-9(4-5-17-11)10-6-12-7-14(10)3/h4-8,13H,1-3H3. The maximum absolute atomic E-state index is 12.1. The minimum Gasteiger partial charge on any atom is -0.451 e. The summed E-state index contributed by atoms with van der Waals surface area (Å²) in [6.45, 7) is 3.51. The lowest BCUT2D eigenvalue weighted by Gasteiger charge is -2.09. The summed E-state index contributed by atoms with van der Waals surface area (Å²) >= 11 is 0. The molecule has 6 nitrogen and oxygen atoms in total. The first-order chi connectivity index (χ1) is 8.42. The molecule has 2 heterocycles. The zero-order valence-electron chi connectivity index (χ0n) is 10.4. The van der Waals surface area contributed by atoms with Crippen LogP contribution in [0.3, 0.4) is 0 Å². The number of furan rings is 1. The van der Waals surface area contributed by atoms with Crippen molar-refractivity contribution in [2.45, 2.75) is 25.0 Å². The topological polar surface area (TPSA) is 77.1 Å². The number of aryl methyl sites for hydroxylation is 1. The van der Waals surface area contributed by atoms with Gasteiger partial charge in [-0.3, -0.25) is 0 Å². The van der Waals surface area contributed by atoms with Gasteiger partial charge in [-0.1, -0.05) is 0 Å². The summed E-state index contributed by atoms with van der Waals surface area (Å²) in [6, 6.07) is 1.42. The fourth-order valence-corrected chi connectivity index (χ4v) is 3.05. The number of nitrogens with one attached hydrogen (secondary N) is 1. The lowest BCUT2D eigenvalue weighted by Crippen LogP contribution is -2.30. The van der Waals surface area contributed by atoms with Gasteiger partial charge < -0.3 is 8.98 Å². The van der Waals surface area contributed by atoms with Crippen LogP contribution in [0.4, 0.5) is 0 Å². The van der Waals surface area contributed by atoms with Gasteiger partial charge in [0.25, 0.3) is 10.0 Å². The van der Waals surface area contributed by atoms with Crippen LogP contribution in [0, 0.1) is 0 Å². The highest BCUT2D eigenvalue weighted by molar-refractivity contribution is 7.89. The summed E-state index contributed by atoms with van der Waals surface area (Å²) in [5.41, 5.74) is 1.19. The Labute approximate surface area is 106 Å². The molecule has 0 spiro atoms. The molecule has 0 unspecified atom stereocenters. The van der Waals surface area contributed by atoms with Gasteiger partial charge in [-0.05, 0) is 19.9 Å². The van der Waals surface area contributed by atoms with E-state index in [1.165, 1.54) is 6.26 Å². The molecule has 1 N–H and O–H groups in total. The largest absolute Gasteiger partial charge is 0.451 e. The van der Waals surface area contributed by atoms with Crippen LogP contribution in [0.25, 0.3) is 11.3 Å². The fourth-order valence-electron chi connectivity index (χ4n) is 1.67. The Morgan fingerprint density at radius 3 is 2.72 bits per heavy atom. The van der Waals surface area contributed by atoms with Gasteiger partial charge in [-0.2, -0.15) is 0 Å². The lowest BCUT2D eigenvalue weighted by atomic mass is 10.2. The maximum atomic E-state index is 12.1. The van der Waals surface area contributed by atoms with Crippen molar-refractivity contribution in [1.82, 2.24) is 14.3 Å². The van der Waals surface area contributed by atoms with Gasteiger partial charge in [0.1, 0.15) is 0 Å². The van der Waals surface area contributed by atoms with Crippen molar-refractivity contribution in [3.63, 3.8) is 0 Å². The first kappa shape index (κ1) is 12.8. The Kier molecular flexibility index (Phi) is 3.27. The molecule has 0 bridgehead atoms. The molecule has 2 rings (SSSR count). The predicted molar refractivity (Wildman–Crippen MR) is 66.4 cm³/mol. The summed E-state index contributed by atoms with van der Waals surface area (Å²) in [6.07, 6.45) is 4.56. The monoisotopic (exact) mass is 269 g/mol. The summed E-state index contributed by atoms with van der Waals surface area (Å²) in [4.78, 5) is 3.97. The molecule has 18 heavy (non-hydrogen) atoms.